The Kier molecular flexibility index (Phi) is 10.1. The van der Waals surface area contributed by atoms with E-state index in [0.717, 1.165) is 16.5 Å². The maximum atomic E-state index is 6.55. The number of benzene rings is 4. The topological polar surface area (TPSA) is 0 Å². The summed E-state index contributed by atoms with van der Waals surface area (Å²) in [6.45, 7) is 0. The van der Waals surface area contributed by atoms with Gasteiger partial charge in [-0.2, -0.15) is 0 Å². The first-order valence-electron chi connectivity index (χ1n) is 10.0. The van der Waals surface area contributed by atoms with Crippen LogP contribution in [0.4, 0.5) is 0 Å². The molecule has 4 rings (SSSR count). The molecule has 4 aromatic carbocycles. The minimum absolute atomic E-state index is 0.192. The van der Waals surface area contributed by atoms with Crippen LogP contribution in [0.15, 0.2) is 48.5 Å². The van der Waals surface area contributed by atoms with Crippen molar-refractivity contribution in [2.75, 3.05) is 0 Å². The summed E-state index contributed by atoms with van der Waals surface area (Å²) in [6.07, 6.45) is 0. The second-order valence-electron chi connectivity index (χ2n) is 8.06. The van der Waals surface area contributed by atoms with E-state index in [9.17, 15) is 0 Å². The van der Waals surface area contributed by atoms with Gasteiger partial charge in [0.05, 0.1) is 0 Å². The third kappa shape index (κ3) is 5.72. The van der Waals surface area contributed by atoms with Crippen LogP contribution in [0, 0.1) is 0 Å². The second-order valence-corrected chi connectivity index (χ2v) is 22.1. The van der Waals surface area contributed by atoms with Gasteiger partial charge in [0.15, 0.2) is 0 Å². The van der Waals surface area contributed by atoms with Crippen molar-refractivity contribution in [3.8, 4) is 0 Å². The van der Waals surface area contributed by atoms with E-state index >= 15 is 0 Å². The van der Waals surface area contributed by atoms with Crippen molar-refractivity contribution in [3.05, 3.63) is 109 Å². The van der Waals surface area contributed by atoms with Crippen LogP contribution in [0.5, 0.6) is 0 Å². The van der Waals surface area contributed by atoms with Gasteiger partial charge in [-0.3, -0.25) is 0 Å². The molecule has 0 saturated carbocycles. The number of hydrogen-bond acceptors (Lipinski definition) is 0. The van der Waals surface area contributed by atoms with E-state index in [1.54, 1.807) is 48.5 Å². The molecule has 0 spiro atoms. The fourth-order valence-electron chi connectivity index (χ4n) is 4.46. The van der Waals surface area contributed by atoms with Crippen LogP contribution >= 0.6 is 139 Å². The molecular weight excluding hydrogens is 783 g/mol. The molecule has 0 atom stereocenters. The number of halogens is 12. The predicted molar refractivity (Wildman–Crippen MR) is 170 cm³/mol. The maximum absolute atomic E-state index is 6.55. The summed E-state index contributed by atoms with van der Waals surface area (Å²) in [6, 6.07) is 13.8. The van der Waals surface area contributed by atoms with Gasteiger partial charge < -0.3 is 0 Å². The zero-order chi connectivity index (χ0) is 27.4. The molecule has 37 heavy (non-hydrogen) atoms. The van der Waals surface area contributed by atoms with Crippen LogP contribution in [0.1, 0.15) is 0 Å². The van der Waals surface area contributed by atoms with Crippen molar-refractivity contribution in [2.45, 2.75) is 0 Å². The summed E-state index contributed by atoms with van der Waals surface area (Å²) in [5, 5.41) is 2.60. The first-order chi connectivity index (χ1) is 17.3. The first kappa shape index (κ1) is 30.9. The summed E-state index contributed by atoms with van der Waals surface area (Å²) < 4.78 is 2.89. The van der Waals surface area contributed by atoms with E-state index in [1.807, 2.05) is 0 Å². The zero-order valence-electron chi connectivity index (χ0n) is 17.7. The van der Waals surface area contributed by atoms with E-state index in [4.69, 9.17) is 139 Å². The van der Waals surface area contributed by atoms with Gasteiger partial charge in [-0.1, -0.05) is 0 Å². The molecule has 13 heteroatoms. The standard InChI is InChI=1S/4C6H2Cl3.Ga/c4*7-4-2-1-3-5(8)6(4)9;/h4*2-3H;/q;;;;-1. The summed E-state index contributed by atoms with van der Waals surface area (Å²) in [4.78, 5) is 0. The molecule has 0 nitrogen and oxygen atoms in total. The molecule has 0 unspecified atom stereocenters. The first-order valence-corrected chi connectivity index (χ1v) is 19.4. The Labute approximate surface area is 276 Å². The van der Waals surface area contributed by atoms with Crippen molar-refractivity contribution in [2.24, 2.45) is 0 Å². The fourth-order valence-corrected chi connectivity index (χ4v) is 20.5. The zero-order valence-corrected chi connectivity index (χ0v) is 29.2. The van der Waals surface area contributed by atoms with E-state index < -0.39 is 15.0 Å². The Bertz CT molecular complexity index is 1240. The Hall–Kier alpha value is 0.996. The van der Waals surface area contributed by atoms with Gasteiger partial charge in [0, 0.05) is 0 Å². The molecule has 0 aliphatic rings. The average Bonchev–Trinajstić information content (AvgIpc) is 2.83. The van der Waals surface area contributed by atoms with Gasteiger partial charge in [0.1, 0.15) is 0 Å². The molecule has 0 radical (unpaired) electrons. The Morgan fingerprint density at radius 3 is 0.541 bits per heavy atom. The van der Waals surface area contributed by atoms with Gasteiger partial charge in [0.25, 0.3) is 0 Å². The fraction of sp³-hybridized carbons (Fsp3) is 0. The Morgan fingerprint density at radius 1 is 0.270 bits per heavy atom. The molecule has 0 aliphatic carbocycles. The van der Waals surface area contributed by atoms with Gasteiger partial charge in [-0.05, 0) is 0 Å². The summed E-state index contributed by atoms with van der Waals surface area (Å²) >= 11 is 73.1. The normalized spacial score (nSPS) is 11.8. The van der Waals surface area contributed by atoms with Crippen LogP contribution in [-0.4, -0.2) is 15.0 Å². The minimum atomic E-state index is -4.58. The van der Waals surface area contributed by atoms with E-state index in [1.165, 1.54) is 0 Å². The van der Waals surface area contributed by atoms with Crippen LogP contribution in [0.2, 0.25) is 60.3 Å². The third-order valence-corrected chi connectivity index (χ3v) is 22.0. The van der Waals surface area contributed by atoms with Gasteiger partial charge in [0.2, 0.25) is 0 Å². The monoisotopic (exact) mass is 785 g/mol. The SMILES string of the molecule is Clc1c[c]([Ga-]([c]2cc(Cl)c(Cl)c(Cl)c2)([c]2cc(Cl)c(Cl)c(Cl)c2)[c]2cc(Cl)c(Cl)c(Cl)c2)cc(Cl)c1Cl. The van der Waals surface area contributed by atoms with E-state index in [-0.39, 0.29) is 60.3 Å². The quantitative estimate of drug-likeness (QED) is 0.143. The van der Waals surface area contributed by atoms with E-state index in [2.05, 4.69) is 0 Å². The van der Waals surface area contributed by atoms with Crippen molar-refractivity contribution in [1.82, 2.24) is 0 Å². The second kappa shape index (κ2) is 12.1. The summed E-state index contributed by atoms with van der Waals surface area (Å²) in [7, 11) is 0. The van der Waals surface area contributed by atoms with Gasteiger partial charge in [-0.25, -0.2) is 0 Å². The Balaban J connectivity index is 2.33. The molecule has 0 aromatic heterocycles. The summed E-state index contributed by atoms with van der Waals surface area (Å²) in [5.41, 5.74) is 0. The molecule has 0 saturated heterocycles. The number of hydrogen-bond donors (Lipinski definition) is 0. The van der Waals surface area contributed by atoms with Gasteiger partial charge in [-0.15, -0.1) is 0 Å². The molecule has 192 valence electrons. The molecular formula is C24H8Cl12Ga-. The molecule has 0 fully saturated rings. The molecule has 0 N–H and O–H groups in total. The third-order valence-electron chi connectivity index (χ3n) is 6.02. The van der Waals surface area contributed by atoms with Gasteiger partial charge >= 0.3 is 280 Å². The van der Waals surface area contributed by atoms with Crippen molar-refractivity contribution < 1.29 is 0 Å². The predicted octanol–water partition coefficient (Wildman–Crippen LogP) is 10.9. The van der Waals surface area contributed by atoms with Crippen LogP contribution in [-0.2, 0) is 0 Å². The van der Waals surface area contributed by atoms with Crippen molar-refractivity contribution in [1.29, 1.82) is 0 Å². The van der Waals surface area contributed by atoms with Crippen LogP contribution in [0.25, 0.3) is 0 Å². The molecule has 0 aliphatic heterocycles. The van der Waals surface area contributed by atoms with E-state index in [0.29, 0.717) is 0 Å². The Morgan fingerprint density at radius 2 is 0.405 bits per heavy atom. The van der Waals surface area contributed by atoms with Crippen molar-refractivity contribution in [3.63, 3.8) is 0 Å². The molecule has 0 amide bonds. The van der Waals surface area contributed by atoms with Crippen LogP contribution < -0.4 is 16.5 Å². The number of rotatable bonds is 4. The van der Waals surface area contributed by atoms with Crippen molar-refractivity contribution >= 4 is 171 Å². The average molecular weight is 791 g/mol. The summed E-state index contributed by atoms with van der Waals surface area (Å²) in [5.74, 6) is 0. The molecule has 0 heterocycles. The van der Waals surface area contributed by atoms with Crippen LogP contribution in [0.3, 0.4) is 0 Å². The molecule has 4 aromatic rings. The molecule has 0 bridgehead atoms.